The van der Waals surface area contributed by atoms with Crippen LogP contribution in [0.5, 0.6) is 0 Å². The molecule has 8 heteroatoms. The summed E-state index contributed by atoms with van der Waals surface area (Å²) in [5.41, 5.74) is 0. The molecule has 0 atom stereocenters. The van der Waals surface area contributed by atoms with E-state index in [2.05, 4.69) is 19.6 Å². The first-order valence-corrected chi connectivity index (χ1v) is 3.42. The van der Waals surface area contributed by atoms with Crippen LogP contribution in [0.4, 0.5) is 0 Å². The summed E-state index contributed by atoms with van der Waals surface area (Å²) < 4.78 is 0. The predicted octanol–water partition coefficient (Wildman–Crippen LogP) is -1.22. The van der Waals surface area contributed by atoms with Crippen LogP contribution < -0.4 is 0 Å². The summed E-state index contributed by atoms with van der Waals surface area (Å²) in [4.78, 5) is 57.5. The van der Waals surface area contributed by atoms with Crippen LogP contribution >= 0.6 is 0 Å². The molecule has 76 valence electrons. The van der Waals surface area contributed by atoms with Crippen molar-refractivity contribution in [2.45, 2.75) is 12.8 Å². The number of hydrogen-bond acceptors (Lipinski definition) is 8. The Morgan fingerprint density at radius 2 is 1.00 bits per heavy atom. The maximum Gasteiger partial charge on any atom is 0.467 e. The third kappa shape index (κ3) is 2.73. The highest BCUT2D eigenvalue weighted by molar-refractivity contribution is 6.29. The van der Waals surface area contributed by atoms with Gasteiger partial charge in [-0.1, -0.05) is 0 Å². The maximum atomic E-state index is 10.6. The van der Waals surface area contributed by atoms with Crippen LogP contribution in [0.1, 0.15) is 12.8 Å². The second-order valence-electron chi connectivity index (χ2n) is 2.15. The van der Waals surface area contributed by atoms with Gasteiger partial charge in [-0.15, -0.1) is 0 Å². The molecule has 0 saturated carbocycles. The zero-order valence-electron chi connectivity index (χ0n) is 6.68. The molecule has 0 N–H and O–H groups in total. The van der Waals surface area contributed by atoms with Crippen molar-refractivity contribution in [3.8, 4) is 0 Å². The third-order valence-electron chi connectivity index (χ3n) is 1.12. The molecule has 0 aliphatic carbocycles. The first-order valence-electron chi connectivity index (χ1n) is 3.42. The Labute approximate surface area is 76.5 Å². The van der Waals surface area contributed by atoms with Crippen molar-refractivity contribution in [3.05, 3.63) is 0 Å². The normalized spacial score (nSPS) is 18.9. The van der Waals surface area contributed by atoms with Crippen molar-refractivity contribution in [2.75, 3.05) is 0 Å². The average Bonchev–Trinajstić information content (AvgIpc) is 2.18. The summed E-state index contributed by atoms with van der Waals surface area (Å²) in [6.45, 7) is 0. The molecule has 1 saturated heterocycles. The van der Waals surface area contributed by atoms with Crippen LogP contribution in [0.3, 0.4) is 0 Å². The molecule has 0 aromatic rings. The minimum Gasteiger partial charge on any atom is -0.247 e. The molecule has 0 spiro atoms. The van der Waals surface area contributed by atoms with Gasteiger partial charge >= 0.3 is 23.9 Å². The van der Waals surface area contributed by atoms with E-state index in [0.29, 0.717) is 0 Å². The predicted molar refractivity (Wildman–Crippen MR) is 33.6 cm³/mol. The second-order valence-corrected chi connectivity index (χ2v) is 2.15. The van der Waals surface area contributed by atoms with Crippen molar-refractivity contribution < 1.29 is 38.7 Å². The number of rotatable bonds is 0. The number of hydrogen-bond donors (Lipinski definition) is 0. The Kier molecular flexibility index (Phi) is 3.00. The zero-order chi connectivity index (χ0) is 10.6. The fraction of sp³-hybridized carbons (Fsp3) is 0.333. The molecular weight excluding hydrogens is 200 g/mol. The van der Waals surface area contributed by atoms with E-state index in [1.807, 2.05) is 0 Å². The van der Waals surface area contributed by atoms with Gasteiger partial charge in [0, 0.05) is 0 Å². The molecule has 1 aliphatic heterocycles. The van der Waals surface area contributed by atoms with Crippen LogP contribution in [0.15, 0.2) is 0 Å². The van der Waals surface area contributed by atoms with Crippen LogP contribution in [0.2, 0.25) is 0 Å². The highest BCUT2D eigenvalue weighted by atomic mass is 17.2. The lowest BCUT2D eigenvalue weighted by molar-refractivity contribution is -0.282. The second kappa shape index (κ2) is 4.21. The Balaban J connectivity index is 2.61. The van der Waals surface area contributed by atoms with Gasteiger partial charge in [-0.25, -0.2) is 38.7 Å². The van der Waals surface area contributed by atoms with Gasteiger partial charge in [0.1, 0.15) is 0 Å². The number of carbonyl (C=O) groups is 4. The van der Waals surface area contributed by atoms with Crippen molar-refractivity contribution in [2.24, 2.45) is 0 Å². The van der Waals surface area contributed by atoms with Crippen molar-refractivity contribution in [3.63, 3.8) is 0 Å². The van der Waals surface area contributed by atoms with Crippen molar-refractivity contribution >= 4 is 23.9 Å². The Bertz CT molecular complexity index is 262. The topological polar surface area (TPSA) is 105 Å². The first-order chi connectivity index (χ1) is 6.59. The van der Waals surface area contributed by atoms with Gasteiger partial charge in [0.05, 0.1) is 12.8 Å². The van der Waals surface area contributed by atoms with E-state index in [1.165, 1.54) is 0 Å². The summed E-state index contributed by atoms with van der Waals surface area (Å²) in [7, 11) is 0. The first kappa shape index (κ1) is 9.96. The fourth-order valence-electron chi connectivity index (χ4n) is 0.524. The highest BCUT2D eigenvalue weighted by Crippen LogP contribution is 2.00. The standard InChI is InChI=1S/C6H4O8/c7-3-1-2-4(8)12-14-6(10)5(9)13-11-3/h1-2H2. The molecule has 0 amide bonds. The van der Waals surface area contributed by atoms with Crippen molar-refractivity contribution in [1.82, 2.24) is 0 Å². The third-order valence-corrected chi connectivity index (χ3v) is 1.12. The lowest BCUT2D eigenvalue weighted by Gasteiger charge is -2.05. The van der Waals surface area contributed by atoms with E-state index < -0.39 is 23.9 Å². The van der Waals surface area contributed by atoms with Gasteiger partial charge in [0.15, 0.2) is 0 Å². The van der Waals surface area contributed by atoms with E-state index >= 15 is 0 Å². The molecule has 8 nitrogen and oxygen atoms in total. The van der Waals surface area contributed by atoms with Crippen LogP contribution in [0.25, 0.3) is 0 Å². The van der Waals surface area contributed by atoms with Gasteiger partial charge in [-0.05, 0) is 0 Å². The lowest BCUT2D eigenvalue weighted by Crippen LogP contribution is -2.25. The van der Waals surface area contributed by atoms with E-state index in [1.54, 1.807) is 0 Å². The Morgan fingerprint density at radius 1 is 0.643 bits per heavy atom. The molecule has 1 fully saturated rings. The van der Waals surface area contributed by atoms with Crippen LogP contribution in [-0.4, -0.2) is 23.9 Å². The summed E-state index contributed by atoms with van der Waals surface area (Å²) in [6, 6.07) is 0. The smallest absolute Gasteiger partial charge is 0.247 e. The van der Waals surface area contributed by atoms with E-state index in [4.69, 9.17) is 0 Å². The largest absolute Gasteiger partial charge is 0.467 e. The quantitative estimate of drug-likeness (QED) is 0.357. The van der Waals surface area contributed by atoms with E-state index in [9.17, 15) is 19.2 Å². The van der Waals surface area contributed by atoms with Gasteiger partial charge < -0.3 is 0 Å². The molecule has 1 heterocycles. The highest BCUT2D eigenvalue weighted by Gasteiger charge is 2.26. The van der Waals surface area contributed by atoms with Crippen LogP contribution in [0, 0.1) is 0 Å². The van der Waals surface area contributed by atoms with E-state index in [-0.39, 0.29) is 12.8 Å². The molecule has 0 radical (unpaired) electrons. The van der Waals surface area contributed by atoms with Gasteiger partial charge in [-0.3, -0.25) is 0 Å². The maximum absolute atomic E-state index is 10.6. The Hall–Kier alpha value is -2.12. The Morgan fingerprint density at radius 3 is 1.36 bits per heavy atom. The lowest BCUT2D eigenvalue weighted by atomic mass is 10.3. The molecule has 0 unspecified atom stereocenters. The van der Waals surface area contributed by atoms with Gasteiger partial charge in [0.2, 0.25) is 0 Å². The summed E-state index contributed by atoms with van der Waals surface area (Å²) in [6.07, 6.45) is -0.687. The summed E-state index contributed by atoms with van der Waals surface area (Å²) in [5.74, 6) is -5.11. The molecule has 1 rings (SSSR count). The monoisotopic (exact) mass is 204 g/mol. The molecule has 0 aromatic heterocycles. The molecule has 0 bridgehead atoms. The molecule has 1 aliphatic rings. The molecular formula is C6H4O8. The summed E-state index contributed by atoms with van der Waals surface area (Å²) >= 11 is 0. The summed E-state index contributed by atoms with van der Waals surface area (Å²) in [5, 5.41) is 0. The fourth-order valence-corrected chi connectivity index (χ4v) is 0.524. The van der Waals surface area contributed by atoms with Crippen molar-refractivity contribution in [1.29, 1.82) is 0 Å². The molecule has 14 heavy (non-hydrogen) atoms. The average molecular weight is 204 g/mol. The van der Waals surface area contributed by atoms with Gasteiger partial charge in [-0.2, -0.15) is 0 Å². The van der Waals surface area contributed by atoms with E-state index in [0.717, 1.165) is 0 Å². The van der Waals surface area contributed by atoms with Gasteiger partial charge in [0.25, 0.3) is 0 Å². The molecule has 0 aromatic carbocycles. The zero-order valence-corrected chi connectivity index (χ0v) is 6.68. The number of carbonyl (C=O) groups excluding carboxylic acids is 4. The minimum absolute atomic E-state index is 0.344. The van der Waals surface area contributed by atoms with Crippen LogP contribution in [-0.2, 0) is 38.7 Å². The minimum atomic E-state index is -1.59. The SMILES string of the molecule is O=C1CCC(=O)OOC(=O)C(=O)OO1.